The topological polar surface area (TPSA) is 29.5 Å². The number of nitrogens with zero attached hydrogens (tertiary/aromatic N) is 1. The van der Waals surface area contributed by atoms with E-state index in [1.165, 1.54) is 24.3 Å². The Morgan fingerprint density at radius 1 is 1.47 bits per heavy atom. The number of rotatable bonds is 5. The molecule has 1 aromatic rings. The summed E-state index contributed by atoms with van der Waals surface area (Å²) in [4.78, 5) is 13.6. The van der Waals surface area contributed by atoms with Gasteiger partial charge in [0, 0.05) is 26.3 Å². The van der Waals surface area contributed by atoms with Gasteiger partial charge in [0.1, 0.15) is 5.82 Å². The van der Waals surface area contributed by atoms with Crippen LogP contribution in [0.4, 0.5) is 4.39 Å². The fourth-order valence-corrected chi connectivity index (χ4v) is 2.13. The minimum absolute atomic E-state index is 0.0851. The molecule has 1 rings (SSSR count). The molecule has 0 N–H and O–H groups in total. The molecule has 0 saturated carbocycles. The van der Waals surface area contributed by atoms with Gasteiger partial charge in [-0.1, -0.05) is 15.9 Å². The fraction of sp³-hybridized carbons (Fsp3) is 0.417. The summed E-state index contributed by atoms with van der Waals surface area (Å²) in [6, 6.07) is 5.52. The summed E-state index contributed by atoms with van der Waals surface area (Å²) in [5, 5.41) is 0. The maximum absolute atomic E-state index is 12.7. The van der Waals surface area contributed by atoms with Crippen molar-refractivity contribution in [2.45, 2.75) is 4.83 Å². The lowest BCUT2D eigenvalue weighted by molar-refractivity contribution is 0.0784. The molecule has 0 aliphatic heterocycles. The first-order valence-corrected chi connectivity index (χ1v) is 6.10. The fourth-order valence-electron chi connectivity index (χ4n) is 1.43. The standard InChI is InChI=1S/C12H15BrFNO2/c1-15(7-10(13)8-17-2)12(16)9-3-5-11(14)6-4-9/h3-6,10H,7-8H2,1-2H3. The van der Waals surface area contributed by atoms with E-state index < -0.39 is 0 Å². The second-order valence-corrected chi connectivity index (χ2v) is 5.04. The Morgan fingerprint density at radius 3 is 2.59 bits per heavy atom. The van der Waals surface area contributed by atoms with Crippen LogP contribution in [-0.2, 0) is 4.74 Å². The van der Waals surface area contributed by atoms with Crippen LogP contribution in [0.1, 0.15) is 10.4 Å². The molecule has 0 radical (unpaired) electrons. The predicted octanol–water partition coefficient (Wildman–Crippen LogP) is 2.31. The summed E-state index contributed by atoms with van der Waals surface area (Å²) in [6.45, 7) is 1.06. The van der Waals surface area contributed by atoms with Crippen LogP contribution in [0.3, 0.4) is 0 Å². The van der Waals surface area contributed by atoms with Gasteiger partial charge in [-0.15, -0.1) is 0 Å². The Bertz CT molecular complexity index is 369. The lowest BCUT2D eigenvalue weighted by Gasteiger charge is -2.20. The number of hydrogen-bond donors (Lipinski definition) is 0. The largest absolute Gasteiger partial charge is 0.383 e. The molecule has 1 unspecified atom stereocenters. The number of ether oxygens (including phenoxy) is 1. The minimum atomic E-state index is -0.345. The van der Waals surface area contributed by atoms with E-state index >= 15 is 0 Å². The van der Waals surface area contributed by atoms with Gasteiger partial charge in [0.05, 0.1) is 11.4 Å². The lowest BCUT2D eigenvalue weighted by Crippen LogP contribution is -2.33. The average molecular weight is 304 g/mol. The highest BCUT2D eigenvalue weighted by Crippen LogP contribution is 2.08. The van der Waals surface area contributed by atoms with Crippen LogP contribution in [0, 0.1) is 5.82 Å². The van der Waals surface area contributed by atoms with Gasteiger partial charge in [0.25, 0.3) is 5.91 Å². The van der Waals surface area contributed by atoms with Gasteiger partial charge >= 0.3 is 0 Å². The summed E-state index contributed by atoms with van der Waals surface area (Å²) in [7, 11) is 3.31. The van der Waals surface area contributed by atoms with Crippen molar-refractivity contribution in [2.75, 3.05) is 27.3 Å². The number of halogens is 2. The molecule has 0 aliphatic rings. The van der Waals surface area contributed by atoms with Crippen molar-refractivity contribution in [3.8, 4) is 0 Å². The third-order valence-corrected chi connectivity index (χ3v) is 2.81. The molecule has 1 amide bonds. The van der Waals surface area contributed by atoms with Crippen molar-refractivity contribution in [1.29, 1.82) is 0 Å². The molecular formula is C12H15BrFNO2. The van der Waals surface area contributed by atoms with Crippen molar-refractivity contribution < 1.29 is 13.9 Å². The Morgan fingerprint density at radius 2 is 2.06 bits per heavy atom. The summed E-state index contributed by atoms with van der Waals surface area (Å²) >= 11 is 3.41. The van der Waals surface area contributed by atoms with E-state index in [4.69, 9.17) is 4.74 Å². The average Bonchev–Trinajstić information content (AvgIpc) is 2.29. The normalized spacial score (nSPS) is 12.2. The van der Waals surface area contributed by atoms with Crippen molar-refractivity contribution in [3.05, 3.63) is 35.6 Å². The number of carbonyl (C=O) groups is 1. The first-order chi connectivity index (χ1) is 8.04. The molecule has 94 valence electrons. The highest BCUT2D eigenvalue weighted by atomic mass is 79.9. The van der Waals surface area contributed by atoms with Crippen LogP contribution in [0.25, 0.3) is 0 Å². The molecule has 3 nitrogen and oxygen atoms in total. The lowest BCUT2D eigenvalue weighted by atomic mass is 10.2. The van der Waals surface area contributed by atoms with Crippen LogP contribution in [0.15, 0.2) is 24.3 Å². The molecule has 0 spiro atoms. The number of benzene rings is 1. The van der Waals surface area contributed by atoms with E-state index in [0.29, 0.717) is 18.7 Å². The zero-order valence-corrected chi connectivity index (χ0v) is 11.4. The zero-order valence-electron chi connectivity index (χ0n) is 9.82. The van der Waals surface area contributed by atoms with Gasteiger partial charge in [-0.2, -0.15) is 0 Å². The minimum Gasteiger partial charge on any atom is -0.383 e. The van der Waals surface area contributed by atoms with Crippen molar-refractivity contribution in [2.24, 2.45) is 0 Å². The molecule has 0 aliphatic carbocycles. The number of amides is 1. The van der Waals surface area contributed by atoms with Gasteiger partial charge in [-0.3, -0.25) is 4.79 Å². The Hall–Kier alpha value is -0.940. The van der Waals surface area contributed by atoms with E-state index in [2.05, 4.69) is 15.9 Å². The van der Waals surface area contributed by atoms with Gasteiger partial charge in [-0.25, -0.2) is 4.39 Å². The summed E-state index contributed by atoms with van der Waals surface area (Å²) in [5.41, 5.74) is 0.478. The summed E-state index contributed by atoms with van der Waals surface area (Å²) in [5.74, 6) is -0.479. The highest BCUT2D eigenvalue weighted by molar-refractivity contribution is 9.09. The molecule has 1 aromatic carbocycles. The summed E-state index contributed by atoms with van der Waals surface area (Å²) in [6.07, 6.45) is 0. The van der Waals surface area contributed by atoms with E-state index in [-0.39, 0.29) is 16.6 Å². The van der Waals surface area contributed by atoms with E-state index in [0.717, 1.165) is 0 Å². The van der Waals surface area contributed by atoms with E-state index in [1.54, 1.807) is 19.1 Å². The second-order valence-electron chi connectivity index (χ2n) is 3.75. The number of carbonyl (C=O) groups excluding carboxylic acids is 1. The molecular weight excluding hydrogens is 289 g/mol. The smallest absolute Gasteiger partial charge is 0.253 e. The number of hydrogen-bond acceptors (Lipinski definition) is 2. The van der Waals surface area contributed by atoms with E-state index in [1.807, 2.05) is 0 Å². The van der Waals surface area contributed by atoms with Crippen LogP contribution in [0.5, 0.6) is 0 Å². The van der Waals surface area contributed by atoms with Gasteiger partial charge in [0.15, 0.2) is 0 Å². The van der Waals surface area contributed by atoms with Crippen molar-refractivity contribution in [3.63, 3.8) is 0 Å². The van der Waals surface area contributed by atoms with Gasteiger partial charge in [-0.05, 0) is 24.3 Å². The Labute approximate surface area is 109 Å². The predicted molar refractivity (Wildman–Crippen MR) is 68.0 cm³/mol. The van der Waals surface area contributed by atoms with Gasteiger partial charge < -0.3 is 9.64 Å². The van der Waals surface area contributed by atoms with Crippen molar-refractivity contribution >= 4 is 21.8 Å². The quantitative estimate of drug-likeness (QED) is 0.781. The monoisotopic (exact) mass is 303 g/mol. The van der Waals surface area contributed by atoms with Gasteiger partial charge in [0.2, 0.25) is 0 Å². The van der Waals surface area contributed by atoms with Crippen LogP contribution in [-0.4, -0.2) is 42.9 Å². The SMILES string of the molecule is COCC(Br)CN(C)C(=O)c1ccc(F)cc1. The molecule has 0 heterocycles. The molecule has 0 bridgehead atoms. The molecule has 0 saturated heterocycles. The van der Waals surface area contributed by atoms with Crippen molar-refractivity contribution in [1.82, 2.24) is 4.90 Å². The van der Waals surface area contributed by atoms with E-state index in [9.17, 15) is 9.18 Å². The first kappa shape index (κ1) is 14.1. The molecule has 0 fully saturated rings. The first-order valence-electron chi connectivity index (χ1n) is 5.18. The maximum atomic E-state index is 12.7. The Balaban J connectivity index is 2.60. The number of methoxy groups -OCH3 is 1. The molecule has 1 atom stereocenters. The molecule has 5 heteroatoms. The Kier molecular flexibility index (Phi) is 5.58. The zero-order chi connectivity index (χ0) is 12.8. The maximum Gasteiger partial charge on any atom is 0.253 e. The molecule has 17 heavy (non-hydrogen) atoms. The third-order valence-electron chi connectivity index (χ3n) is 2.26. The van der Waals surface area contributed by atoms with Crippen LogP contribution < -0.4 is 0 Å². The van der Waals surface area contributed by atoms with Crippen LogP contribution >= 0.6 is 15.9 Å². The number of alkyl halides is 1. The highest BCUT2D eigenvalue weighted by Gasteiger charge is 2.15. The molecule has 0 aromatic heterocycles. The third kappa shape index (κ3) is 4.44. The summed E-state index contributed by atoms with van der Waals surface area (Å²) < 4.78 is 17.7. The second kappa shape index (κ2) is 6.71. The van der Waals surface area contributed by atoms with Crippen LogP contribution in [0.2, 0.25) is 0 Å².